The summed E-state index contributed by atoms with van der Waals surface area (Å²) >= 11 is 7.36. The predicted molar refractivity (Wildman–Crippen MR) is 485 cm³/mol. The summed E-state index contributed by atoms with van der Waals surface area (Å²) in [5.74, 6) is -10.9. The predicted octanol–water partition coefficient (Wildman–Crippen LogP) is 4.84. The van der Waals surface area contributed by atoms with Crippen LogP contribution in [0.5, 0.6) is 51.7 Å². The van der Waals surface area contributed by atoms with E-state index in [4.69, 9.17) is 55.2 Å². The van der Waals surface area contributed by atoms with Crippen LogP contribution in [0.3, 0.4) is 0 Å². The average molecular weight is 1880 g/mol. The van der Waals surface area contributed by atoms with Crippen LogP contribution < -0.4 is 93.2 Å². The Balaban J connectivity index is 0.942. The van der Waals surface area contributed by atoms with Gasteiger partial charge < -0.3 is 143 Å². The SMILES string of the molecule is CCCNCCOc1cc(NC(=O)NC(=O)C[C@@H]2NC(=O)[C@H](NC(=O)[C@@H](CC(C)C)NC)[C@H](O)c3ccc(c(C)c3)Oc3cc4cc(c3O[C@@H]3O[C@H](CO)[C@@H](O)[C@H](O)[C@H]3O[C@H]3C[C@](C)(N)[C@H](O)[C@H](C)O3)Oc3ccc(cc3Cl)[C@@H](O)[C@@H]3NC(=O)[C@H](NC(=O)[C@@H]4NC2=O)c2ccc(O)c(c2)-c2c(C)cc(O)cc2[C@@H](C(=O)NC2C4CC5CC(C4)CC2C5)NC3=O)cc(OCCNCCC)c1. The van der Waals surface area contributed by atoms with Crippen LogP contribution in [0.4, 0.5) is 10.5 Å². The maximum atomic E-state index is 16.9. The summed E-state index contributed by atoms with van der Waals surface area (Å²) < 4.78 is 51.7. The standard InChI is InChI=1S/C95H122ClN13O25/c1-10-18-99-20-22-127-57-36-55(37-58(39-57)128-23-21-100-19-11-2)101-94(126)103-70(113)40-63-87(120)105-75-54-34-67(130-65-16-13-50(25-44(65)5)79(114)77(91(124)102-63)108-86(119)62(98-9)24-43(3)4)83(134-93-84(82(117)81(116)69(42-110)132-93)133-71-41-95(8,97)85(118)46(7)129-71)68(35-54)131-66-17-14-51(33-61(66)96)80(115)78-92(125)107-76(90(123)104-73-52-28-47-27-48(30-52)31-53(73)29-47)60-38-56(111)26-45(6)72(60)59-32-49(12-15-64(59)112)74(88(121)109-78)106-89(75)122/h12-17,25-26,32-39,43,46-48,52-53,62-63,69,71,73-82,84-85,93,98-100,110-112,114-118H,10-11,18-24,27-31,40-42,97H2,1-9H3,(H,102,124)(H,104,123)(H,105,120)(H,106,122)(H,107,125)(H,108,119)(H,109,121)(H2,101,103,113,126)/t46-,47?,48?,52?,53?,62+,63-,69+,71-,73?,74+,75+,76-,77+,78-,79+,80+,81+,82-,84+,85+,93-,95-/m0/s1. The molecule has 6 aromatic carbocycles. The number of carbonyl (C=O) groups is 9. The first-order valence-electron chi connectivity index (χ1n) is 45.7. The van der Waals surface area contributed by atoms with E-state index in [1.54, 1.807) is 13.0 Å². The van der Waals surface area contributed by atoms with Crippen LogP contribution in [-0.4, -0.2) is 232 Å². The number of urea groups is 1. The maximum Gasteiger partial charge on any atom is 0.325 e. The van der Waals surface area contributed by atoms with Gasteiger partial charge in [0, 0.05) is 60.5 Å². The Morgan fingerprint density at radius 3 is 1.89 bits per heavy atom. The lowest BCUT2D eigenvalue weighted by Gasteiger charge is -2.54. The van der Waals surface area contributed by atoms with Gasteiger partial charge in [0.25, 0.3) is 0 Å². The molecule has 724 valence electrons. The van der Waals surface area contributed by atoms with Gasteiger partial charge in [0.1, 0.15) is 114 Å². The Morgan fingerprint density at radius 2 is 1.27 bits per heavy atom. The summed E-state index contributed by atoms with van der Waals surface area (Å²) in [6.07, 6.45) is -12.4. The van der Waals surface area contributed by atoms with Crippen molar-refractivity contribution in [3.05, 3.63) is 141 Å². The molecule has 6 aromatic rings. The molecule has 4 saturated carbocycles. The Labute approximate surface area is 779 Å². The number of amides is 10. The fraction of sp³-hybridized carbons (Fsp3) is 0.526. The molecule has 38 nitrogen and oxygen atoms in total. The average Bonchev–Trinajstić information content (AvgIpc) is 0.754. The van der Waals surface area contributed by atoms with Gasteiger partial charge in [0.15, 0.2) is 23.9 Å². The van der Waals surface area contributed by atoms with E-state index in [9.17, 15) is 50.4 Å². The number of phenolic OH excluding ortho intramolecular Hbond substituents is 2. The molecule has 7 aliphatic heterocycles. The summed E-state index contributed by atoms with van der Waals surface area (Å²) in [6.45, 7) is 15.6. The molecule has 18 atom stereocenters. The van der Waals surface area contributed by atoms with Crippen molar-refractivity contribution < 1.29 is 122 Å². The maximum absolute atomic E-state index is 16.9. The molecule has 0 spiro atoms. The lowest BCUT2D eigenvalue weighted by molar-refractivity contribution is -0.333. The highest BCUT2D eigenvalue weighted by atomic mass is 35.5. The highest BCUT2D eigenvalue weighted by Gasteiger charge is 2.53. The Morgan fingerprint density at radius 1 is 0.649 bits per heavy atom. The minimum absolute atomic E-state index is 0.0501. The largest absolute Gasteiger partial charge is 0.508 e. The normalized spacial score (nSPS) is 29.1. The topological polar surface area (TPSA) is 560 Å². The van der Waals surface area contributed by atoms with Crippen LogP contribution in [0.1, 0.15) is 175 Å². The number of likely N-dealkylation sites (N-methyl/N-ethyl adjacent to an activating group) is 1. The molecule has 0 unspecified atom stereocenters. The molecule has 0 aromatic heterocycles. The zero-order chi connectivity index (χ0) is 96.0. The third-order valence-corrected chi connectivity index (χ3v) is 26.4. The van der Waals surface area contributed by atoms with Crippen LogP contribution in [0.2, 0.25) is 5.02 Å². The van der Waals surface area contributed by atoms with E-state index in [0.717, 1.165) is 70.2 Å². The molecule has 4 aliphatic carbocycles. The Bertz CT molecular complexity index is 5280. The highest BCUT2D eigenvalue weighted by molar-refractivity contribution is 6.32. The van der Waals surface area contributed by atoms with Gasteiger partial charge in [-0.2, -0.15) is 0 Å². The number of nitrogens with two attached hydrogens (primary N) is 1. The molecule has 7 heterocycles. The van der Waals surface area contributed by atoms with E-state index >= 15 is 33.6 Å². The minimum Gasteiger partial charge on any atom is -0.508 e. The van der Waals surface area contributed by atoms with Gasteiger partial charge in [0.05, 0.1) is 36.3 Å². The number of aromatic hydroxyl groups is 2. The van der Waals surface area contributed by atoms with Crippen molar-refractivity contribution in [2.75, 3.05) is 58.4 Å². The van der Waals surface area contributed by atoms with Gasteiger partial charge in [-0.3, -0.25) is 43.7 Å². The number of fused-ring (bicyclic) bond motifs is 15. The summed E-state index contributed by atoms with van der Waals surface area (Å²) in [6, 6.07) is 5.42. The number of ether oxygens (including phenoxy) is 8. The first-order valence-corrected chi connectivity index (χ1v) is 46.1. The van der Waals surface area contributed by atoms with E-state index in [1.165, 1.54) is 107 Å². The van der Waals surface area contributed by atoms with Crippen molar-refractivity contribution in [3.63, 3.8) is 0 Å². The van der Waals surface area contributed by atoms with Crippen molar-refractivity contribution in [2.45, 2.75) is 235 Å². The Kier molecular flexibility index (Phi) is 31.6. The van der Waals surface area contributed by atoms with Crippen molar-refractivity contribution in [2.24, 2.45) is 35.3 Å². The molecule has 2 saturated heterocycles. The van der Waals surface area contributed by atoms with Crippen molar-refractivity contribution >= 4 is 70.6 Å². The molecular formula is C95H122ClN13O25. The molecule has 10 amide bonds. The minimum atomic E-state index is -2.38. The van der Waals surface area contributed by atoms with E-state index in [1.807, 2.05) is 27.7 Å². The highest BCUT2D eigenvalue weighted by Crippen LogP contribution is 2.55. The summed E-state index contributed by atoms with van der Waals surface area (Å²) in [5, 5.41) is 129. The number of phenols is 2. The zero-order valence-corrected chi connectivity index (χ0v) is 76.8. The molecule has 11 aliphatic rings. The van der Waals surface area contributed by atoms with E-state index < -0.39 is 204 Å². The molecule has 39 heteroatoms. The van der Waals surface area contributed by atoms with Crippen LogP contribution in [0, 0.1) is 43.4 Å². The summed E-state index contributed by atoms with van der Waals surface area (Å²) in [7, 11) is 1.50. The first kappa shape index (κ1) is 98.9. The number of imide groups is 1. The number of hydrogen-bond donors (Lipinski definition) is 21. The lowest BCUT2D eigenvalue weighted by Crippen LogP contribution is -2.64. The number of rotatable bonds is 27. The number of anilines is 1. The lowest BCUT2D eigenvalue weighted by atomic mass is 9.54. The molecule has 17 rings (SSSR count). The number of aliphatic hydroxyl groups is 6. The number of aryl methyl sites for hydroxylation is 2. The van der Waals surface area contributed by atoms with Crippen molar-refractivity contribution in [1.82, 2.24) is 58.5 Å². The third-order valence-electron chi connectivity index (χ3n) is 26.1. The van der Waals surface area contributed by atoms with E-state index in [0.29, 0.717) is 24.9 Å². The van der Waals surface area contributed by atoms with Crippen LogP contribution in [0.25, 0.3) is 11.1 Å². The van der Waals surface area contributed by atoms with Crippen LogP contribution >= 0.6 is 11.6 Å². The second-order valence-electron chi connectivity index (χ2n) is 36.9. The number of carbonyl (C=O) groups excluding carboxylic acids is 9. The fourth-order valence-corrected chi connectivity index (χ4v) is 19.8. The molecule has 134 heavy (non-hydrogen) atoms. The fourth-order valence-electron chi connectivity index (χ4n) is 19.6. The molecule has 0 radical (unpaired) electrons. The van der Waals surface area contributed by atoms with Crippen LogP contribution in [0.15, 0.2) is 97.1 Å². The van der Waals surface area contributed by atoms with Gasteiger partial charge in [-0.1, -0.05) is 57.5 Å². The third kappa shape index (κ3) is 22.7. The van der Waals surface area contributed by atoms with Crippen LogP contribution in [-0.2, 0) is 52.6 Å². The molecular weight excluding hydrogens is 1760 g/mol. The van der Waals surface area contributed by atoms with Gasteiger partial charge in [-0.25, -0.2) is 4.79 Å². The zero-order valence-electron chi connectivity index (χ0n) is 76.0. The summed E-state index contributed by atoms with van der Waals surface area (Å²) in [4.78, 5) is 141. The number of benzene rings is 6. The summed E-state index contributed by atoms with van der Waals surface area (Å²) in [5.41, 5.74) is 4.71. The van der Waals surface area contributed by atoms with Gasteiger partial charge in [-0.05, 0) is 234 Å². The smallest absolute Gasteiger partial charge is 0.325 e. The quantitative estimate of drug-likeness (QED) is 0.0307. The van der Waals surface area contributed by atoms with E-state index in [-0.39, 0.29) is 134 Å². The monoisotopic (exact) mass is 1880 g/mol. The molecule has 6 fully saturated rings. The van der Waals surface area contributed by atoms with E-state index in [2.05, 4.69) is 63.8 Å². The number of hydrogen-bond acceptors (Lipinski definition) is 29. The van der Waals surface area contributed by atoms with Gasteiger partial charge in [-0.15, -0.1) is 0 Å². The van der Waals surface area contributed by atoms with Gasteiger partial charge in [0.2, 0.25) is 59.3 Å². The number of aliphatic hydroxyl groups excluding tert-OH is 6. The first-order chi connectivity index (χ1) is 64.0. The second-order valence-corrected chi connectivity index (χ2v) is 37.3. The molecule has 22 N–H and O–H groups in total. The Hall–Kier alpha value is -11.1. The number of nitrogens with one attached hydrogen (secondary N) is 12. The number of halogens is 1. The van der Waals surface area contributed by atoms with Crippen molar-refractivity contribution in [3.8, 4) is 62.9 Å². The van der Waals surface area contributed by atoms with Gasteiger partial charge >= 0.3 is 6.03 Å². The second kappa shape index (κ2) is 42.9. The van der Waals surface area contributed by atoms with Crippen molar-refractivity contribution in [1.29, 1.82) is 0 Å². The molecule has 15 bridgehead atoms.